The highest BCUT2D eigenvalue weighted by Gasteiger charge is 2.42. The maximum Gasteiger partial charge on any atom is 0.230 e. The van der Waals surface area contributed by atoms with Gasteiger partial charge in [0.15, 0.2) is 9.84 Å². The summed E-state index contributed by atoms with van der Waals surface area (Å²) in [5, 5.41) is 2.84. The first-order valence-electron chi connectivity index (χ1n) is 10.2. The van der Waals surface area contributed by atoms with Crippen LogP contribution in [0.5, 0.6) is 0 Å². The smallest absolute Gasteiger partial charge is 0.230 e. The lowest BCUT2D eigenvalue weighted by Crippen LogP contribution is -2.44. The van der Waals surface area contributed by atoms with E-state index in [1.807, 2.05) is 12.1 Å². The Balaban J connectivity index is 1.56. The molecule has 2 aromatic rings. The SMILES string of the molecule is NC(=O)C1(CS(=O)(=O)c2ccc(SCC(=O)NCc3ccncc3)cc2)CCCCC1. The Morgan fingerprint density at radius 1 is 1.03 bits per heavy atom. The first-order chi connectivity index (χ1) is 14.8. The van der Waals surface area contributed by atoms with Gasteiger partial charge in [0, 0.05) is 23.8 Å². The maximum absolute atomic E-state index is 12.9. The number of hydrogen-bond acceptors (Lipinski definition) is 6. The molecular formula is C22H27N3O4S2. The van der Waals surface area contributed by atoms with E-state index in [0.717, 1.165) is 29.7 Å². The van der Waals surface area contributed by atoms with Crippen LogP contribution in [0.2, 0.25) is 0 Å². The van der Waals surface area contributed by atoms with Crippen molar-refractivity contribution in [3.05, 3.63) is 54.4 Å². The predicted molar refractivity (Wildman–Crippen MR) is 120 cm³/mol. The molecule has 1 aromatic carbocycles. The molecule has 1 fully saturated rings. The second-order valence-corrected chi connectivity index (χ2v) is 10.9. The number of nitrogens with one attached hydrogen (secondary N) is 1. The first kappa shape index (κ1) is 23.3. The second kappa shape index (κ2) is 10.3. The summed E-state index contributed by atoms with van der Waals surface area (Å²) in [4.78, 5) is 29.0. The number of hydrogen-bond donors (Lipinski definition) is 2. The average molecular weight is 462 g/mol. The number of nitrogens with zero attached hydrogens (tertiary/aromatic N) is 1. The molecule has 1 saturated carbocycles. The van der Waals surface area contributed by atoms with Gasteiger partial charge in [0.2, 0.25) is 11.8 Å². The lowest BCUT2D eigenvalue weighted by Gasteiger charge is -2.33. The van der Waals surface area contributed by atoms with E-state index in [0.29, 0.717) is 19.4 Å². The topological polar surface area (TPSA) is 119 Å². The number of sulfone groups is 1. The minimum Gasteiger partial charge on any atom is -0.369 e. The lowest BCUT2D eigenvalue weighted by atomic mass is 9.75. The van der Waals surface area contributed by atoms with Gasteiger partial charge in [-0.05, 0) is 54.8 Å². The van der Waals surface area contributed by atoms with E-state index in [1.54, 1.807) is 24.5 Å². The second-order valence-electron chi connectivity index (χ2n) is 7.86. The van der Waals surface area contributed by atoms with Gasteiger partial charge in [-0.15, -0.1) is 11.8 Å². The normalized spacial score (nSPS) is 15.9. The number of amides is 2. The van der Waals surface area contributed by atoms with E-state index in [4.69, 9.17) is 5.73 Å². The van der Waals surface area contributed by atoms with Gasteiger partial charge in [-0.3, -0.25) is 14.6 Å². The fourth-order valence-corrected chi connectivity index (χ4v) is 6.39. The Bertz CT molecular complexity index is 1000. The van der Waals surface area contributed by atoms with Crippen LogP contribution in [0.1, 0.15) is 37.7 Å². The maximum atomic E-state index is 12.9. The number of rotatable bonds is 9. The first-order valence-corrected chi connectivity index (χ1v) is 12.9. The number of thioether (sulfide) groups is 1. The van der Waals surface area contributed by atoms with Crippen molar-refractivity contribution >= 4 is 33.4 Å². The molecule has 1 aromatic heterocycles. The van der Waals surface area contributed by atoms with Gasteiger partial charge < -0.3 is 11.1 Å². The summed E-state index contributed by atoms with van der Waals surface area (Å²) in [6, 6.07) is 10.1. The third-order valence-corrected chi connectivity index (χ3v) is 8.53. The standard InChI is InChI=1S/C22H27N3O4S2/c23-21(27)22(10-2-1-3-11-22)16-31(28,29)19-6-4-18(5-7-19)30-15-20(26)25-14-17-8-12-24-13-9-17/h4-9,12-13H,1-3,10-11,14-16H2,(H2,23,27)(H,25,26). The summed E-state index contributed by atoms with van der Waals surface area (Å²) < 4.78 is 25.8. The Kier molecular flexibility index (Phi) is 7.72. The summed E-state index contributed by atoms with van der Waals surface area (Å²) in [6.07, 6.45) is 7.01. The monoisotopic (exact) mass is 461 g/mol. The quantitative estimate of drug-likeness (QED) is 0.554. The molecule has 3 N–H and O–H groups in total. The molecule has 0 unspecified atom stereocenters. The number of primary amides is 1. The van der Waals surface area contributed by atoms with Crippen LogP contribution >= 0.6 is 11.8 Å². The zero-order chi connectivity index (χ0) is 22.3. The summed E-state index contributed by atoms with van der Waals surface area (Å²) in [5.74, 6) is -0.666. The van der Waals surface area contributed by atoms with E-state index in [1.165, 1.54) is 23.9 Å². The van der Waals surface area contributed by atoms with Crippen molar-refractivity contribution in [1.82, 2.24) is 10.3 Å². The molecule has 0 spiro atoms. The number of aromatic nitrogens is 1. The van der Waals surface area contributed by atoms with Crippen LogP contribution in [0.25, 0.3) is 0 Å². The van der Waals surface area contributed by atoms with Crippen LogP contribution in [0, 0.1) is 5.41 Å². The van der Waals surface area contributed by atoms with Gasteiger partial charge in [-0.1, -0.05) is 19.3 Å². The van der Waals surface area contributed by atoms with Crippen molar-refractivity contribution < 1.29 is 18.0 Å². The summed E-state index contributed by atoms with van der Waals surface area (Å²) in [5.41, 5.74) is 5.59. The highest BCUT2D eigenvalue weighted by atomic mass is 32.2. The van der Waals surface area contributed by atoms with Gasteiger partial charge >= 0.3 is 0 Å². The van der Waals surface area contributed by atoms with Gasteiger partial charge in [0.1, 0.15) is 0 Å². The molecule has 0 bridgehead atoms. The number of carbonyl (C=O) groups is 2. The van der Waals surface area contributed by atoms with E-state index in [2.05, 4.69) is 10.3 Å². The minimum absolute atomic E-state index is 0.112. The molecule has 9 heteroatoms. The molecule has 1 heterocycles. The average Bonchev–Trinajstić information content (AvgIpc) is 2.77. The molecule has 3 rings (SSSR count). The fraction of sp³-hybridized carbons (Fsp3) is 0.409. The van der Waals surface area contributed by atoms with Crippen molar-refractivity contribution in [2.24, 2.45) is 11.1 Å². The molecule has 2 amide bonds. The molecule has 31 heavy (non-hydrogen) atoms. The van der Waals surface area contributed by atoms with E-state index >= 15 is 0 Å². The Hall–Kier alpha value is -2.39. The van der Waals surface area contributed by atoms with Crippen LogP contribution in [0.3, 0.4) is 0 Å². The van der Waals surface area contributed by atoms with Crippen molar-refractivity contribution in [3.8, 4) is 0 Å². The minimum atomic E-state index is -3.65. The Morgan fingerprint density at radius 3 is 2.29 bits per heavy atom. The van der Waals surface area contributed by atoms with Gasteiger partial charge in [-0.25, -0.2) is 8.42 Å². The molecular weight excluding hydrogens is 434 g/mol. The summed E-state index contributed by atoms with van der Waals surface area (Å²) >= 11 is 1.33. The van der Waals surface area contributed by atoms with E-state index in [9.17, 15) is 18.0 Å². The van der Waals surface area contributed by atoms with Crippen LogP contribution in [-0.4, -0.2) is 36.7 Å². The molecule has 7 nitrogen and oxygen atoms in total. The molecule has 1 aliphatic rings. The van der Waals surface area contributed by atoms with Gasteiger partial charge in [0.05, 0.1) is 21.8 Å². The third kappa shape index (κ3) is 6.30. The largest absolute Gasteiger partial charge is 0.369 e. The van der Waals surface area contributed by atoms with Gasteiger partial charge in [-0.2, -0.15) is 0 Å². The molecule has 1 aliphatic carbocycles. The van der Waals surface area contributed by atoms with Gasteiger partial charge in [0.25, 0.3) is 0 Å². The molecule has 166 valence electrons. The number of nitrogens with two attached hydrogens (primary N) is 1. The zero-order valence-electron chi connectivity index (χ0n) is 17.2. The summed E-state index contributed by atoms with van der Waals surface area (Å²) in [7, 11) is -3.65. The number of pyridine rings is 1. The fourth-order valence-electron chi connectivity index (χ4n) is 3.78. The van der Waals surface area contributed by atoms with Crippen molar-refractivity contribution in [3.63, 3.8) is 0 Å². The van der Waals surface area contributed by atoms with Crippen LogP contribution < -0.4 is 11.1 Å². The molecule has 0 saturated heterocycles. The number of benzene rings is 1. The highest BCUT2D eigenvalue weighted by molar-refractivity contribution is 8.00. The van der Waals surface area contributed by atoms with Crippen molar-refractivity contribution in [2.75, 3.05) is 11.5 Å². The van der Waals surface area contributed by atoms with E-state index < -0.39 is 21.2 Å². The Morgan fingerprint density at radius 2 is 1.68 bits per heavy atom. The molecule has 0 radical (unpaired) electrons. The zero-order valence-corrected chi connectivity index (χ0v) is 18.9. The summed E-state index contributed by atoms with van der Waals surface area (Å²) in [6.45, 7) is 0.431. The third-order valence-electron chi connectivity index (χ3n) is 5.59. The predicted octanol–water partition coefficient (Wildman–Crippen LogP) is 2.70. The Labute approximate surface area is 187 Å². The molecule has 0 atom stereocenters. The van der Waals surface area contributed by atoms with Crippen LogP contribution in [-0.2, 0) is 26.0 Å². The molecule has 0 aliphatic heterocycles. The van der Waals surface area contributed by atoms with Crippen LogP contribution in [0.4, 0.5) is 0 Å². The van der Waals surface area contributed by atoms with E-state index in [-0.39, 0.29) is 22.3 Å². The highest BCUT2D eigenvalue weighted by Crippen LogP contribution is 2.38. The van der Waals surface area contributed by atoms with Crippen molar-refractivity contribution in [1.29, 1.82) is 0 Å². The lowest BCUT2D eigenvalue weighted by molar-refractivity contribution is -0.128. The van der Waals surface area contributed by atoms with Crippen molar-refractivity contribution in [2.45, 2.75) is 48.4 Å². The number of carbonyl (C=O) groups excluding carboxylic acids is 2. The van der Waals surface area contributed by atoms with Crippen LogP contribution in [0.15, 0.2) is 58.6 Å².